The highest BCUT2D eigenvalue weighted by atomic mass is 14.7. The molecular weight excluding hydrogens is 230 g/mol. The van der Waals surface area contributed by atoms with Crippen LogP contribution in [0.1, 0.15) is 93.9 Å². The molecule has 116 valence electrons. The Kier molecular flexibility index (Phi) is 7.09. The summed E-state index contributed by atoms with van der Waals surface area (Å²) in [6.45, 7) is 18.8. The normalized spacial score (nSPS) is 18.2. The highest BCUT2D eigenvalue weighted by Crippen LogP contribution is 2.49. The van der Waals surface area contributed by atoms with Crippen LogP contribution < -0.4 is 5.73 Å². The van der Waals surface area contributed by atoms with Crippen molar-refractivity contribution in [3.63, 3.8) is 0 Å². The molecule has 0 saturated heterocycles. The molecule has 19 heavy (non-hydrogen) atoms. The van der Waals surface area contributed by atoms with E-state index in [2.05, 4.69) is 55.4 Å². The zero-order valence-corrected chi connectivity index (χ0v) is 14.9. The van der Waals surface area contributed by atoms with Crippen LogP contribution in [0.4, 0.5) is 0 Å². The molecule has 2 atom stereocenters. The molecule has 0 fully saturated rings. The van der Waals surface area contributed by atoms with Gasteiger partial charge in [0, 0.05) is 5.54 Å². The summed E-state index contributed by atoms with van der Waals surface area (Å²) < 4.78 is 0. The summed E-state index contributed by atoms with van der Waals surface area (Å²) >= 11 is 0. The second-order valence-corrected chi connectivity index (χ2v) is 7.72. The minimum absolute atomic E-state index is 0.0108. The van der Waals surface area contributed by atoms with E-state index in [1.165, 1.54) is 32.1 Å². The van der Waals surface area contributed by atoms with E-state index in [0.29, 0.717) is 16.7 Å². The maximum atomic E-state index is 6.62. The summed E-state index contributed by atoms with van der Waals surface area (Å²) in [7, 11) is 0. The van der Waals surface area contributed by atoms with Gasteiger partial charge in [-0.1, -0.05) is 74.1 Å². The van der Waals surface area contributed by atoms with Gasteiger partial charge in [0.2, 0.25) is 0 Å². The maximum absolute atomic E-state index is 6.62. The molecule has 0 aromatic carbocycles. The molecule has 0 radical (unpaired) electrons. The van der Waals surface area contributed by atoms with Gasteiger partial charge in [-0.2, -0.15) is 0 Å². The van der Waals surface area contributed by atoms with Gasteiger partial charge in [0.15, 0.2) is 0 Å². The van der Waals surface area contributed by atoms with Crippen LogP contribution in [-0.4, -0.2) is 5.54 Å². The van der Waals surface area contributed by atoms with Gasteiger partial charge >= 0.3 is 0 Å². The first-order chi connectivity index (χ1) is 8.60. The molecule has 1 heteroatoms. The summed E-state index contributed by atoms with van der Waals surface area (Å²) in [6, 6.07) is 0. The van der Waals surface area contributed by atoms with Gasteiger partial charge in [0.05, 0.1) is 0 Å². The lowest BCUT2D eigenvalue weighted by atomic mass is 9.58. The zero-order valence-electron chi connectivity index (χ0n) is 14.9. The number of hydrogen-bond donors (Lipinski definition) is 1. The van der Waals surface area contributed by atoms with Crippen LogP contribution in [0.15, 0.2) is 0 Å². The van der Waals surface area contributed by atoms with Crippen LogP contribution in [0.2, 0.25) is 0 Å². The van der Waals surface area contributed by atoms with Crippen molar-refractivity contribution < 1.29 is 0 Å². The molecule has 0 amide bonds. The SMILES string of the molecule is CCCC(C)(N)C(CC)CC(C)(C)C(C)(CC)CC. The van der Waals surface area contributed by atoms with Crippen molar-refractivity contribution in [2.75, 3.05) is 0 Å². The molecular formula is C18H39N. The minimum Gasteiger partial charge on any atom is -0.325 e. The molecule has 0 aliphatic carbocycles. The monoisotopic (exact) mass is 269 g/mol. The second-order valence-electron chi connectivity index (χ2n) is 7.72. The molecule has 0 heterocycles. The first-order valence-electron chi connectivity index (χ1n) is 8.39. The third-order valence-electron chi connectivity index (χ3n) is 6.17. The van der Waals surface area contributed by atoms with E-state index < -0.39 is 0 Å². The lowest BCUT2D eigenvalue weighted by Gasteiger charge is -2.48. The van der Waals surface area contributed by atoms with Crippen molar-refractivity contribution in [3.05, 3.63) is 0 Å². The average molecular weight is 270 g/mol. The van der Waals surface area contributed by atoms with E-state index in [-0.39, 0.29) is 5.54 Å². The molecule has 0 aliphatic heterocycles. The van der Waals surface area contributed by atoms with Gasteiger partial charge < -0.3 is 5.73 Å². The summed E-state index contributed by atoms with van der Waals surface area (Å²) in [4.78, 5) is 0. The third-order valence-corrected chi connectivity index (χ3v) is 6.17. The van der Waals surface area contributed by atoms with Crippen molar-refractivity contribution in [3.8, 4) is 0 Å². The molecule has 2 N–H and O–H groups in total. The fourth-order valence-electron chi connectivity index (χ4n) is 3.66. The third kappa shape index (κ3) is 4.48. The number of rotatable bonds is 9. The Labute approximate surface area is 122 Å². The molecule has 0 aromatic rings. The molecule has 0 bridgehead atoms. The van der Waals surface area contributed by atoms with Gasteiger partial charge in [-0.15, -0.1) is 0 Å². The maximum Gasteiger partial charge on any atom is 0.0154 e. The minimum atomic E-state index is -0.0108. The van der Waals surface area contributed by atoms with Crippen molar-refractivity contribution in [2.24, 2.45) is 22.5 Å². The lowest BCUT2D eigenvalue weighted by Crippen LogP contribution is -2.47. The Hall–Kier alpha value is -0.0400. The van der Waals surface area contributed by atoms with Gasteiger partial charge in [-0.3, -0.25) is 0 Å². The first-order valence-corrected chi connectivity index (χ1v) is 8.39. The van der Waals surface area contributed by atoms with E-state index in [1.807, 2.05) is 0 Å². The van der Waals surface area contributed by atoms with E-state index in [9.17, 15) is 0 Å². The van der Waals surface area contributed by atoms with Crippen LogP contribution in [0.3, 0.4) is 0 Å². The summed E-state index contributed by atoms with van der Waals surface area (Å²) in [5.41, 5.74) is 7.38. The van der Waals surface area contributed by atoms with Crippen LogP contribution in [-0.2, 0) is 0 Å². The Morgan fingerprint density at radius 1 is 0.895 bits per heavy atom. The van der Waals surface area contributed by atoms with Crippen molar-refractivity contribution in [2.45, 2.75) is 99.5 Å². The molecule has 0 saturated carbocycles. The number of nitrogens with two attached hydrogens (primary N) is 1. The van der Waals surface area contributed by atoms with Crippen LogP contribution in [0, 0.1) is 16.7 Å². The Balaban J connectivity index is 5.06. The van der Waals surface area contributed by atoms with E-state index >= 15 is 0 Å². The first kappa shape index (κ1) is 19.0. The molecule has 0 rings (SSSR count). The predicted octanol–water partition coefficient (Wildman–Crippen LogP) is 5.77. The Bertz CT molecular complexity index is 248. The number of hydrogen-bond acceptors (Lipinski definition) is 1. The van der Waals surface area contributed by atoms with Crippen LogP contribution in [0.5, 0.6) is 0 Å². The Morgan fingerprint density at radius 3 is 1.68 bits per heavy atom. The van der Waals surface area contributed by atoms with Gasteiger partial charge in [0.1, 0.15) is 0 Å². The van der Waals surface area contributed by atoms with E-state index in [0.717, 1.165) is 6.42 Å². The zero-order chi connectivity index (χ0) is 15.3. The van der Waals surface area contributed by atoms with Crippen molar-refractivity contribution in [1.82, 2.24) is 0 Å². The van der Waals surface area contributed by atoms with Gasteiger partial charge in [-0.25, -0.2) is 0 Å². The standard InChI is InChI=1S/C18H39N/c1-9-13-18(8,19)15(10-2)14-16(5,6)17(7,11-3)12-4/h15H,9-14,19H2,1-8H3. The van der Waals surface area contributed by atoms with Gasteiger partial charge in [-0.05, 0) is 36.5 Å². The second kappa shape index (κ2) is 7.11. The quantitative estimate of drug-likeness (QED) is 0.564. The molecule has 1 nitrogen and oxygen atoms in total. The highest BCUT2D eigenvalue weighted by Gasteiger charge is 2.42. The fraction of sp³-hybridized carbons (Fsp3) is 1.00. The summed E-state index contributed by atoms with van der Waals surface area (Å²) in [5, 5.41) is 0. The van der Waals surface area contributed by atoms with Crippen molar-refractivity contribution in [1.29, 1.82) is 0 Å². The lowest BCUT2D eigenvalue weighted by molar-refractivity contribution is 0.0337. The molecule has 0 aliphatic rings. The van der Waals surface area contributed by atoms with Crippen LogP contribution in [0.25, 0.3) is 0 Å². The fourth-order valence-corrected chi connectivity index (χ4v) is 3.66. The Morgan fingerprint density at radius 2 is 1.37 bits per heavy atom. The average Bonchev–Trinajstić information content (AvgIpc) is 2.34. The van der Waals surface area contributed by atoms with Gasteiger partial charge in [0.25, 0.3) is 0 Å². The smallest absolute Gasteiger partial charge is 0.0154 e. The largest absolute Gasteiger partial charge is 0.325 e. The molecule has 0 spiro atoms. The predicted molar refractivity (Wildman–Crippen MR) is 88.4 cm³/mol. The molecule has 2 unspecified atom stereocenters. The topological polar surface area (TPSA) is 26.0 Å². The summed E-state index contributed by atoms with van der Waals surface area (Å²) in [5.74, 6) is 0.625. The van der Waals surface area contributed by atoms with Crippen molar-refractivity contribution >= 4 is 0 Å². The molecule has 0 aromatic heterocycles. The van der Waals surface area contributed by atoms with Crippen LogP contribution >= 0.6 is 0 Å². The highest BCUT2D eigenvalue weighted by molar-refractivity contribution is 4.94. The van der Waals surface area contributed by atoms with E-state index in [4.69, 9.17) is 5.73 Å². The van der Waals surface area contributed by atoms with E-state index in [1.54, 1.807) is 0 Å². The summed E-state index contributed by atoms with van der Waals surface area (Å²) in [6.07, 6.45) is 7.26.